The van der Waals surface area contributed by atoms with Crippen molar-refractivity contribution in [1.29, 1.82) is 0 Å². The van der Waals surface area contributed by atoms with Crippen molar-refractivity contribution in [1.82, 2.24) is 0 Å². The van der Waals surface area contributed by atoms with Crippen molar-refractivity contribution in [3.63, 3.8) is 0 Å². The van der Waals surface area contributed by atoms with Crippen LogP contribution in [0.1, 0.15) is 11.1 Å². The lowest BCUT2D eigenvalue weighted by atomic mass is 10.1. The van der Waals surface area contributed by atoms with Gasteiger partial charge in [0.15, 0.2) is 0 Å². The summed E-state index contributed by atoms with van der Waals surface area (Å²) in [4.78, 5) is 8.87. The van der Waals surface area contributed by atoms with Crippen molar-refractivity contribution in [2.45, 2.75) is 12.8 Å². The van der Waals surface area contributed by atoms with E-state index in [1.54, 1.807) is 0 Å². The van der Waals surface area contributed by atoms with E-state index in [-0.39, 0.29) is 0 Å². The van der Waals surface area contributed by atoms with Gasteiger partial charge >= 0.3 is 0 Å². The summed E-state index contributed by atoms with van der Waals surface area (Å²) in [6.45, 7) is 1.94. The molecule has 2 aliphatic heterocycles. The van der Waals surface area contributed by atoms with Crippen LogP contribution in [0.3, 0.4) is 0 Å². The Morgan fingerprint density at radius 3 is 1.83 bits per heavy atom. The maximum atomic E-state index is 4.44. The Bertz CT molecular complexity index is 402. The summed E-state index contributed by atoms with van der Waals surface area (Å²) >= 11 is 0. The fourth-order valence-electron chi connectivity index (χ4n) is 1.95. The number of fused-ring (bicyclic) bond motifs is 2. The predicted octanol–water partition coefficient (Wildman–Crippen LogP) is 0.0380. The van der Waals surface area contributed by atoms with Crippen LogP contribution in [-0.4, -0.2) is 13.1 Å². The van der Waals surface area contributed by atoms with Gasteiger partial charge in [0.25, 0.3) is 0 Å². The molecule has 0 N–H and O–H groups in total. The summed E-state index contributed by atoms with van der Waals surface area (Å²) in [5, 5.41) is 2.43. The standard InChI is InChI=1S/C10H10N2/c1-3-11-9-6-8-2-4-12-10(8)5-7(1)9/h5-6H,1-4H2. The summed E-state index contributed by atoms with van der Waals surface area (Å²) < 4.78 is 0. The second-order valence-corrected chi connectivity index (χ2v) is 3.37. The van der Waals surface area contributed by atoms with E-state index in [4.69, 9.17) is 0 Å². The van der Waals surface area contributed by atoms with Crippen LogP contribution in [0.15, 0.2) is 22.1 Å². The summed E-state index contributed by atoms with van der Waals surface area (Å²) in [7, 11) is 0. The number of nitrogens with zero attached hydrogens (tertiary/aromatic N) is 2. The SMILES string of the molecule is c1c2c(cc3c1=NCC3)=NCC2. The van der Waals surface area contributed by atoms with Gasteiger partial charge in [0.2, 0.25) is 0 Å². The number of hydrogen-bond acceptors (Lipinski definition) is 2. The van der Waals surface area contributed by atoms with Gasteiger partial charge in [-0.15, -0.1) is 0 Å². The third-order valence-corrected chi connectivity index (χ3v) is 2.61. The van der Waals surface area contributed by atoms with E-state index in [1.165, 1.54) is 21.8 Å². The van der Waals surface area contributed by atoms with Gasteiger partial charge in [-0.2, -0.15) is 0 Å². The average Bonchev–Trinajstić information content (AvgIpc) is 2.64. The lowest BCUT2D eigenvalue weighted by Gasteiger charge is -1.93. The van der Waals surface area contributed by atoms with Gasteiger partial charge in [0.05, 0.1) is 10.7 Å². The quantitative estimate of drug-likeness (QED) is 0.509. The first-order chi connectivity index (χ1) is 5.93. The van der Waals surface area contributed by atoms with E-state index in [2.05, 4.69) is 22.1 Å². The molecule has 2 nitrogen and oxygen atoms in total. The van der Waals surface area contributed by atoms with Crippen molar-refractivity contribution in [2.24, 2.45) is 9.98 Å². The summed E-state index contributed by atoms with van der Waals surface area (Å²) in [6, 6.07) is 4.43. The Hall–Kier alpha value is -1.18. The van der Waals surface area contributed by atoms with E-state index < -0.39 is 0 Å². The molecule has 12 heavy (non-hydrogen) atoms. The van der Waals surface area contributed by atoms with Crippen molar-refractivity contribution in [2.75, 3.05) is 13.1 Å². The molecular formula is C10H10N2. The van der Waals surface area contributed by atoms with E-state index in [0.717, 1.165) is 25.9 Å². The van der Waals surface area contributed by atoms with Gasteiger partial charge in [0.1, 0.15) is 0 Å². The van der Waals surface area contributed by atoms with Crippen molar-refractivity contribution >= 4 is 0 Å². The van der Waals surface area contributed by atoms with Crippen LogP contribution < -0.4 is 10.7 Å². The van der Waals surface area contributed by atoms with Gasteiger partial charge in [-0.25, -0.2) is 0 Å². The molecule has 0 aliphatic carbocycles. The molecule has 0 saturated heterocycles. The topological polar surface area (TPSA) is 24.7 Å². The molecule has 0 amide bonds. The Balaban J connectivity index is 2.40. The molecular weight excluding hydrogens is 148 g/mol. The molecule has 2 heterocycles. The normalized spacial score (nSPS) is 18.0. The van der Waals surface area contributed by atoms with Gasteiger partial charge < -0.3 is 0 Å². The van der Waals surface area contributed by atoms with Crippen LogP contribution in [0.2, 0.25) is 0 Å². The lowest BCUT2D eigenvalue weighted by molar-refractivity contribution is 1.01. The average molecular weight is 158 g/mol. The first-order valence-corrected chi connectivity index (χ1v) is 4.44. The van der Waals surface area contributed by atoms with Crippen LogP contribution in [0.4, 0.5) is 0 Å². The van der Waals surface area contributed by atoms with Crippen LogP contribution in [0.25, 0.3) is 0 Å². The first kappa shape index (κ1) is 6.35. The highest BCUT2D eigenvalue weighted by atomic mass is 14.8. The van der Waals surface area contributed by atoms with Crippen LogP contribution >= 0.6 is 0 Å². The second-order valence-electron chi connectivity index (χ2n) is 3.37. The number of hydrogen-bond donors (Lipinski definition) is 0. The molecule has 0 unspecified atom stereocenters. The molecule has 0 saturated carbocycles. The van der Waals surface area contributed by atoms with Crippen LogP contribution in [-0.2, 0) is 12.8 Å². The molecule has 0 fully saturated rings. The van der Waals surface area contributed by atoms with E-state index in [0.29, 0.717) is 0 Å². The molecule has 0 atom stereocenters. The fraction of sp³-hybridized carbons (Fsp3) is 0.400. The smallest absolute Gasteiger partial charge is 0.0611 e. The number of rotatable bonds is 0. The molecule has 1 aromatic rings. The zero-order valence-corrected chi connectivity index (χ0v) is 6.88. The monoisotopic (exact) mass is 158 g/mol. The minimum atomic E-state index is 0.970. The van der Waals surface area contributed by atoms with Crippen molar-refractivity contribution in [3.05, 3.63) is 34.0 Å². The highest BCUT2D eigenvalue weighted by molar-refractivity contribution is 5.26. The Labute approximate surface area is 70.7 Å². The highest BCUT2D eigenvalue weighted by Crippen LogP contribution is 2.03. The molecule has 2 heteroatoms. The summed E-state index contributed by atoms with van der Waals surface area (Å²) in [5.41, 5.74) is 2.78. The highest BCUT2D eigenvalue weighted by Gasteiger charge is 2.09. The van der Waals surface area contributed by atoms with E-state index in [1.807, 2.05) is 0 Å². The fourth-order valence-corrected chi connectivity index (χ4v) is 1.95. The zero-order valence-electron chi connectivity index (χ0n) is 6.88. The maximum absolute atomic E-state index is 4.44. The molecule has 0 aromatic heterocycles. The second kappa shape index (κ2) is 2.16. The first-order valence-electron chi connectivity index (χ1n) is 4.44. The third-order valence-electron chi connectivity index (χ3n) is 2.61. The Morgan fingerprint density at radius 2 is 1.33 bits per heavy atom. The largest absolute Gasteiger partial charge is 0.285 e. The van der Waals surface area contributed by atoms with Crippen molar-refractivity contribution < 1.29 is 0 Å². The zero-order chi connectivity index (χ0) is 7.97. The number of benzene rings is 1. The van der Waals surface area contributed by atoms with Gasteiger partial charge in [-0.3, -0.25) is 9.98 Å². The Kier molecular flexibility index (Phi) is 1.14. The third kappa shape index (κ3) is 0.750. The minimum absolute atomic E-state index is 0.970. The maximum Gasteiger partial charge on any atom is 0.0611 e. The molecule has 0 radical (unpaired) electrons. The van der Waals surface area contributed by atoms with E-state index in [9.17, 15) is 0 Å². The molecule has 3 rings (SSSR count). The van der Waals surface area contributed by atoms with Crippen molar-refractivity contribution in [3.8, 4) is 0 Å². The minimum Gasteiger partial charge on any atom is -0.285 e. The predicted molar refractivity (Wildman–Crippen MR) is 45.9 cm³/mol. The summed E-state index contributed by atoms with van der Waals surface area (Å²) in [5.74, 6) is 0. The lowest BCUT2D eigenvalue weighted by Crippen LogP contribution is -2.14. The molecule has 0 bridgehead atoms. The molecule has 0 spiro atoms. The molecule has 2 aliphatic rings. The Morgan fingerprint density at radius 1 is 0.833 bits per heavy atom. The van der Waals surface area contributed by atoms with Gasteiger partial charge in [-0.1, -0.05) is 0 Å². The molecule has 1 aromatic carbocycles. The van der Waals surface area contributed by atoms with Crippen LogP contribution in [0.5, 0.6) is 0 Å². The van der Waals surface area contributed by atoms with Gasteiger partial charge in [0, 0.05) is 13.1 Å². The summed E-state index contributed by atoms with van der Waals surface area (Å²) in [6.07, 6.45) is 2.22. The van der Waals surface area contributed by atoms with E-state index >= 15 is 0 Å². The molecule has 60 valence electrons. The van der Waals surface area contributed by atoms with Gasteiger partial charge in [-0.05, 0) is 36.1 Å². The van der Waals surface area contributed by atoms with Crippen LogP contribution in [0, 0.1) is 0 Å².